The van der Waals surface area contributed by atoms with Crippen molar-refractivity contribution in [3.63, 3.8) is 0 Å². The molecule has 0 aliphatic heterocycles. The second kappa shape index (κ2) is 9.93. The third-order valence-corrected chi connectivity index (χ3v) is 7.36. The van der Waals surface area contributed by atoms with Crippen LogP contribution in [0.1, 0.15) is 45.4 Å². The number of aryl methyl sites for hydroxylation is 1. The van der Waals surface area contributed by atoms with Crippen molar-refractivity contribution < 1.29 is 13.6 Å². The molecule has 38 heavy (non-hydrogen) atoms. The molecule has 0 N–H and O–H groups in total. The molecule has 1 aliphatic carbocycles. The van der Waals surface area contributed by atoms with Crippen molar-refractivity contribution in [2.75, 3.05) is 14.1 Å². The number of aromatic nitrogens is 3. The van der Waals surface area contributed by atoms with E-state index in [2.05, 4.69) is 9.97 Å². The van der Waals surface area contributed by atoms with E-state index in [0.717, 1.165) is 18.2 Å². The Labute approximate surface area is 227 Å². The second-order valence-corrected chi connectivity index (χ2v) is 10.3. The lowest BCUT2D eigenvalue weighted by atomic mass is 10.0. The van der Waals surface area contributed by atoms with E-state index in [1.807, 2.05) is 6.07 Å². The van der Waals surface area contributed by atoms with E-state index in [9.17, 15) is 14.0 Å². The molecule has 0 bridgehead atoms. The fourth-order valence-electron chi connectivity index (χ4n) is 4.72. The lowest BCUT2D eigenvalue weighted by Crippen LogP contribution is -2.23. The largest absolute Gasteiger partial charge is 0.345 e. The average molecular weight is 555 g/mol. The smallest absolute Gasteiger partial charge is 0.274 e. The SMILES string of the molecule is Cc1cc([C@H]2C[C@@H]2c2cncc(F)c2)c(Cl)c(=O)n1-c1cc(-c2cccc(C(=O)N(C)C)c2F)ncc1Cl. The molecule has 3 aromatic heterocycles. The molecule has 0 spiro atoms. The van der Waals surface area contributed by atoms with Crippen LogP contribution in [0.2, 0.25) is 10.0 Å². The third kappa shape index (κ3) is 4.59. The zero-order valence-electron chi connectivity index (χ0n) is 20.7. The standard InChI is InChI=1S/C28H22Cl2F2N4O2/c1-14-7-21(20-9-19(20)15-8-16(31)12-33-11-15)25(30)28(38)36(14)24-10-23(34-13-22(24)29)17-5-4-6-18(26(17)32)27(37)35(2)3/h4-8,10-13,19-20H,9H2,1-3H3/t19-,20+/m1/s1. The van der Waals surface area contributed by atoms with Gasteiger partial charge in [-0.1, -0.05) is 29.3 Å². The van der Waals surface area contributed by atoms with E-state index in [1.54, 1.807) is 19.2 Å². The van der Waals surface area contributed by atoms with Crippen LogP contribution in [0.4, 0.5) is 8.78 Å². The minimum atomic E-state index is -0.726. The fourth-order valence-corrected chi connectivity index (χ4v) is 5.19. The quantitative estimate of drug-likeness (QED) is 0.296. The molecule has 0 radical (unpaired) electrons. The van der Waals surface area contributed by atoms with Gasteiger partial charge in [0.1, 0.15) is 16.7 Å². The highest BCUT2D eigenvalue weighted by molar-refractivity contribution is 6.32. The summed E-state index contributed by atoms with van der Waals surface area (Å²) in [6.07, 6.45) is 4.81. The molecule has 10 heteroatoms. The van der Waals surface area contributed by atoms with Crippen LogP contribution in [0.3, 0.4) is 0 Å². The van der Waals surface area contributed by atoms with Crippen LogP contribution in [0.15, 0.2) is 59.8 Å². The van der Waals surface area contributed by atoms with E-state index < -0.39 is 23.1 Å². The van der Waals surface area contributed by atoms with Crippen LogP contribution in [-0.2, 0) is 0 Å². The molecule has 5 rings (SSSR count). The number of carbonyl (C=O) groups excluding carboxylic acids is 1. The van der Waals surface area contributed by atoms with Gasteiger partial charge in [0.2, 0.25) is 0 Å². The molecule has 1 amide bonds. The lowest BCUT2D eigenvalue weighted by Gasteiger charge is -2.16. The summed E-state index contributed by atoms with van der Waals surface area (Å²) in [5.41, 5.74) is 1.97. The van der Waals surface area contributed by atoms with Crippen molar-refractivity contribution in [3.05, 3.63) is 109 Å². The predicted molar refractivity (Wildman–Crippen MR) is 142 cm³/mol. The van der Waals surface area contributed by atoms with Gasteiger partial charge < -0.3 is 4.90 Å². The number of pyridine rings is 3. The average Bonchev–Trinajstić information content (AvgIpc) is 3.68. The van der Waals surface area contributed by atoms with Crippen molar-refractivity contribution in [3.8, 4) is 16.9 Å². The Hall–Kier alpha value is -3.62. The molecule has 6 nitrogen and oxygen atoms in total. The lowest BCUT2D eigenvalue weighted by molar-refractivity contribution is 0.0823. The number of benzene rings is 1. The van der Waals surface area contributed by atoms with Crippen molar-refractivity contribution in [1.29, 1.82) is 0 Å². The second-order valence-electron chi connectivity index (χ2n) is 9.47. The molecule has 2 atom stereocenters. The molecule has 0 saturated heterocycles. The highest BCUT2D eigenvalue weighted by atomic mass is 35.5. The molecular weight excluding hydrogens is 533 g/mol. The number of carbonyl (C=O) groups is 1. The molecule has 3 heterocycles. The topological polar surface area (TPSA) is 68.1 Å². The van der Waals surface area contributed by atoms with Crippen LogP contribution in [-0.4, -0.2) is 39.4 Å². The summed E-state index contributed by atoms with van der Waals surface area (Å²) in [5.74, 6) is -1.65. The van der Waals surface area contributed by atoms with Crippen molar-refractivity contribution in [2.24, 2.45) is 0 Å². The number of nitrogens with zero attached hydrogens (tertiary/aromatic N) is 4. The van der Waals surface area contributed by atoms with Gasteiger partial charge in [-0.3, -0.25) is 24.1 Å². The zero-order valence-corrected chi connectivity index (χ0v) is 22.2. The van der Waals surface area contributed by atoms with Crippen molar-refractivity contribution in [1.82, 2.24) is 19.4 Å². The summed E-state index contributed by atoms with van der Waals surface area (Å²) >= 11 is 13.0. The summed E-state index contributed by atoms with van der Waals surface area (Å²) in [4.78, 5) is 35.3. The number of hydrogen-bond acceptors (Lipinski definition) is 4. The van der Waals surface area contributed by atoms with Gasteiger partial charge in [-0.25, -0.2) is 8.78 Å². The van der Waals surface area contributed by atoms with Crippen LogP contribution < -0.4 is 5.56 Å². The number of halogens is 4. The molecule has 4 aromatic rings. The van der Waals surface area contributed by atoms with Crippen LogP contribution in [0, 0.1) is 18.6 Å². The van der Waals surface area contributed by atoms with Gasteiger partial charge in [0.25, 0.3) is 11.5 Å². The Morgan fingerprint density at radius 1 is 1.08 bits per heavy atom. The van der Waals surface area contributed by atoms with Crippen LogP contribution in [0.25, 0.3) is 16.9 Å². The highest BCUT2D eigenvalue weighted by Crippen LogP contribution is 2.55. The summed E-state index contributed by atoms with van der Waals surface area (Å²) < 4.78 is 30.3. The van der Waals surface area contributed by atoms with Crippen molar-refractivity contribution >= 4 is 29.1 Å². The third-order valence-electron chi connectivity index (χ3n) is 6.69. The normalized spacial score (nSPS) is 16.4. The van der Waals surface area contributed by atoms with Crippen LogP contribution >= 0.6 is 23.2 Å². The Morgan fingerprint density at radius 3 is 2.55 bits per heavy atom. The molecule has 1 aliphatic rings. The first-order valence-electron chi connectivity index (χ1n) is 11.8. The summed E-state index contributed by atoms with van der Waals surface area (Å²) in [6, 6.07) is 9.21. The van der Waals surface area contributed by atoms with E-state index in [0.29, 0.717) is 11.3 Å². The maximum atomic E-state index is 15.3. The molecule has 1 fully saturated rings. The summed E-state index contributed by atoms with van der Waals surface area (Å²) in [6.45, 7) is 1.75. The molecule has 1 aromatic carbocycles. The first-order valence-corrected chi connectivity index (χ1v) is 12.5. The number of rotatable bonds is 5. The van der Waals surface area contributed by atoms with Gasteiger partial charge in [-0.05, 0) is 66.6 Å². The number of hydrogen-bond donors (Lipinski definition) is 0. The van der Waals surface area contributed by atoms with E-state index in [1.165, 1.54) is 54.0 Å². The maximum Gasteiger partial charge on any atom is 0.274 e. The van der Waals surface area contributed by atoms with E-state index in [4.69, 9.17) is 23.2 Å². The summed E-state index contributed by atoms with van der Waals surface area (Å²) in [5, 5.41) is 0.200. The van der Waals surface area contributed by atoms with Gasteiger partial charge in [0.05, 0.1) is 28.2 Å². The Bertz CT molecular complexity index is 1650. The maximum absolute atomic E-state index is 15.3. The predicted octanol–water partition coefficient (Wildman–Crippen LogP) is 6.16. The molecule has 194 valence electrons. The zero-order chi connectivity index (χ0) is 27.3. The summed E-state index contributed by atoms with van der Waals surface area (Å²) in [7, 11) is 3.07. The van der Waals surface area contributed by atoms with Gasteiger partial charge in [-0.15, -0.1) is 0 Å². The van der Waals surface area contributed by atoms with E-state index in [-0.39, 0.29) is 44.4 Å². The fraction of sp³-hybridized carbons (Fsp3) is 0.214. The Kier molecular flexibility index (Phi) is 6.79. The highest BCUT2D eigenvalue weighted by Gasteiger charge is 2.42. The van der Waals surface area contributed by atoms with Gasteiger partial charge in [0, 0.05) is 37.7 Å². The molecule has 0 unspecified atom stereocenters. The minimum absolute atomic E-state index is 0.0154. The monoisotopic (exact) mass is 554 g/mol. The molecule has 1 saturated carbocycles. The van der Waals surface area contributed by atoms with Crippen molar-refractivity contribution in [2.45, 2.75) is 25.2 Å². The van der Waals surface area contributed by atoms with E-state index >= 15 is 4.39 Å². The Balaban J connectivity index is 1.55. The molecular formula is C28H22Cl2F2N4O2. The first kappa shape index (κ1) is 26.0. The number of amides is 1. The van der Waals surface area contributed by atoms with Gasteiger partial charge >= 0.3 is 0 Å². The van der Waals surface area contributed by atoms with Gasteiger partial charge in [0.15, 0.2) is 0 Å². The first-order chi connectivity index (χ1) is 18.1. The van der Waals surface area contributed by atoms with Gasteiger partial charge in [-0.2, -0.15) is 0 Å². The Morgan fingerprint density at radius 2 is 1.84 bits per heavy atom. The minimum Gasteiger partial charge on any atom is -0.345 e. The van der Waals surface area contributed by atoms with Crippen LogP contribution in [0.5, 0.6) is 0 Å².